The second kappa shape index (κ2) is 8.88. The Kier molecular flexibility index (Phi) is 7.45. The summed E-state index contributed by atoms with van der Waals surface area (Å²) in [7, 11) is 1.48. The van der Waals surface area contributed by atoms with Crippen LogP contribution in [0.1, 0.15) is 38.3 Å². The number of hydrogen-bond acceptors (Lipinski definition) is 3. The van der Waals surface area contributed by atoms with Gasteiger partial charge in [-0.05, 0) is 37.1 Å². The second-order valence-electron chi connectivity index (χ2n) is 4.48. The standard InChI is InChI=1S/C15H24FNO2/c1-4-8-17-14(11-19-9-5-2)12-6-7-13(16)15(10-12)18-3/h6-7,10,14,17H,4-5,8-9,11H2,1-3H3. The van der Waals surface area contributed by atoms with E-state index in [1.54, 1.807) is 12.1 Å². The van der Waals surface area contributed by atoms with E-state index in [-0.39, 0.29) is 17.6 Å². The lowest BCUT2D eigenvalue weighted by molar-refractivity contribution is 0.112. The highest BCUT2D eigenvalue weighted by atomic mass is 19.1. The summed E-state index contributed by atoms with van der Waals surface area (Å²) in [6, 6.07) is 5.02. The Morgan fingerprint density at radius 2 is 2.05 bits per heavy atom. The summed E-state index contributed by atoms with van der Waals surface area (Å²) in [5, 5.41) is 3.41. The lowest BCUT2D eigenvalue weighted by atomic mass is 10.1. The molecule has 0 aromatic heterocycles. The van der Waals surface area contributed by atoms with E-state index in [0.717, 1.165) is 31.6 Å². The van der Waals surface area contributed by atoms with Gasteiger partial charge in [0.2, 0.25) is 0 Å². The van der Waals surface area contributed by atoms with Crippen molar-refractivity contribution in [3.8, 4) is 5.75 Å². The number of methoxy groups -OCH3 is 1. The number of hydrogen-bond donors (Lipinski definition) is 1. The molecule has 0 bridgehead atoms. The van der Waals surface area contributed by atoms with Crippen molar-refractivity contribution in [1.82, 2.24) is 5.32 Å². The predicted octanol–water partition coefficient (Wildman–Crippen LogP) is 3.30. The molecule has 0 radical (unpaired) electrons. The van der Waals surface area contributed by atoms with Gasteiger partial charge in [-0.15, -0.1) is 0 Å². The van der Waals surface area contributed by atoms with Crippen LogP contribution in [-0.4, -0.2) is 26.9 Å². The van der Waals surface area contributed by atoms with Crippen molar-refractivity contribution in [1.29, 1.82) is 0 Å². The number of rotatable bonds is 9. The van der Waals surface area contributed by atoms with Crippen LogP contribution in [-0.2, 0) is 4.74 Å². The minimum atomic E-state index is -0.338. The quantitative estimate of drug-likeness (QED) is 0.698. The molecule has 0 saturated carbocycles. The SMILES string of the molecule is CCCNC(COCCC)c1ccc(F)c(OC)c1. The van der Waals surface area contributed by atoms with Crippen LogP contribution in [0.4, 0.5) is 4.39 Å². The minimum Gasteiger partial charge on any atom is -0.494 e. The summed E-state index contributed by atoms with van der Waals surface area (Å²) in [6.45, 7) is 6.42. The maximum atomic E-state index is 13.4. The van der Waals surface area contributed by atoms with E-state index >= 15 is 0 Å². The fourth-order valence-electron chi connectivity index (χ4n) is 1.83. The maximum absolute atomic E-state index is 13.4. The van der Waals surface area contributed by atoms with E-state index < -0.39 is 0 Å². The van der Waals surface area contributed by atoms with E-state index in [1.807, 2.05) is 0 Å². The van der Waals surface area contributed by atoms with Crippen molar-refractivity contribution in [3.05, 3.63) is 29.6 Å². The number of nitrogens with one attached hydrogen (secondary N) is 1. The van der Waals surface area contributed by atoms with Crippen LogP contribution in [0.25, 0.3) is 0 Å². The summed E-state index contributed by atoms with van der Waals surface area (Å²) >= 11 is 0. The van der Waals surface area contributed by atoms with Gasteiger partial charge >= 0.3 is 0 Å². The first-order valence-corrected chi connectivity index (χ1v) is 6.87. The summed E-state index contributed by atoms with van der Waals surface area (Å²) < 4.78 is 24.0. The highest BCUT2D eigenvalue weighted by Crippen LogP contribution is 2.23. The molecule has 4 heteroatoms. The highest BCUT2D eigenvalue weighted by molar-refractivity contribution is 5.32. The average molecular weight is 269 g/mol. The fourth-order valence-corrected chi connectivity index (χ4v) is 1.83. The van der Waals surface area contributed by atoms with Crippen molar-refractivity contribution in [2.75, 3.05) is 26.9 Å². The van der Waals surface area contributed by atoms with Crippen molar-refractivity contribution < 1.29 is 13.9 Å². The van der Waals surface area contributed by atoms with Crippen LogP contribution >= 0.6 is 0 Å². The van der Waals surface area contributed by atoms with Gasteiger partial charge in [-0.25, -0.2) is 4.39 Å². The minimum absolute atomic E-state index is 0.0704. The van der Waals surface area contributed by atoms with Gasteiger partial charge in [-0.3, -0.25) is 0 Å². The summed E-state index contributed by atoms with van der Waals surface area (Å²) in [5.74, 6) is -0.0636. The molecular formula is C15H24FNO2. The Bertz CT molecular complexity index is 371. The molecular weight excluding hydrogens is 245 g/mol. The largest absolute Gasteiger partial charge is 0.494 e. The van der Waals surface area contributed by atoms with E-state index in [2.05, 4.69) is 19.2 Å². The first-order chi connectivity index (χ1) is 9.22. The number of benzene rings is 1. The monoisotopic (exact) mass is 269 g/mol. The van der Waals surface area contributed by atoms with Gasteiger partial charge in [-0.2, -0.15) is 0 Å². The van der Waals surface area contributed by atoms with E-state index in [9.17, 15) is 4.39 Å². The van der Waals surface area contributed by atoms with Crippen LogP contribution in [0.2, 0.25) is 0 Å². The molecule has 1 unspecified atom stereocenters. The average Bonchev–Trinajstić information content (AvgIpc) is 2.43. The third-order valence-electron chi connectivity index (χ3n) is 2.85. The van der Waals surface area contributed by atoms with Crippen molar-refractivity contribution in [2.45, 2.75) is 32.7 Å². The van der Waals surface area contributed by atoms with Gasteiger partial charge < -0.3 is 14.8 Å². The molecule has 1 aromatic carbocycles. The third-order valence-corrected chi connectivity index (χ3v) is 2.85. The van der Waals surface area contributed by atoms with Gasteiger partial charge in [0, 0.05) is 6.61 Å². The summed E-state index contributed by atoms with van der Waals surface area (Å²) in [5.41, 5.74) is 0.989. The van der Waals surface area contributed by atoms with Gasteiger partial charge in [0.1, 0.15) is 0 Å². The molecule has 108 valence electrons. The van der Waals surface area contributed by atoms with Crippen molar-refractivity contribution in [3.63, 3.8) is 0 Å². The van der Waals surface area contributed by atoms with Gasteiger partial charge in [0.05, 0.1) is 19.8 Å². The van der Waals surface area contributed by atoms with Gasteiger partial charge in [0.15, 0.2) is 11.6 Å². The Morgan fingerprint density at radius 3 is 2.68 bits per heavy atom. The van der Waals surface area contributed by atoms with E-state index in [4.69, 9.17) is 9.47 Å². The zero-order chi connectivity index (χ0) is 14.1. The molecule has 1 rings (SSSR count). The topological polar surface area (TPSA) is 30.5 Å². The first kappa shape index (κ1) is 15.9. The van der Waals surface area contributed by atoms with Gasteiger partial charge in [-0.1, -0.05) is 19.9 Å². The Labute approximate surface area is 115 Å². The van der Waals surface area contributed by atoms with Crippen LogP contribution in [0.3, 0.4) is 0 Å². The number of halogens is 1. The van der Waals surface area contributed by atoms with Crippen LogP contribution in [0.15, 0.2) is 18.2 Å². The highest BCUT2D eigenvalue weighted by Gasteiger charge is 2.13. The summed E-state index contributed by atoms with van der Waals surface area (Å²) in [6.07, 6.45) is 2.04. The molecule has 1 aromatic rings. The number of ether oxygens (including phenoxy) is 2. The third kappa shape index (κ3) is 5.17. The van der Waals surface area contributed by atoms with Crippen LogP contribution < -0.4 is 10.1 Å². The molecule has 1 N–H and O–H groups in total. The molecule has 1 atom stereocenters. The smallest absolute Gasteiger partial charge is 0.165 e. The Balaban J connectivity index is 2.76. The fraction of sp³-hybridized carbons (Fsp3) is 0.600. The van der Waals surface area contributed by atoms with E-state index in [0.29, 0.717) is 6.61 Å². The zero-order valence-corrected chi connectivity index (χ0v) is 12.0. The first-order valence-electron chi connectivity index (χ1n) is 6.87. The van der Waals surface area contributed by atoms with E-state index in [1.165, 1.54) is 13.2 Å². The molecule has 0 aliphatic rings. The lowest BCUT2D eigenvalue weighted by Gasteiger charge is -2.19. The second-order valence-corrected chi connectivity index (χ2v) is 4.48. The normalized spacial score (nSPS) is 12.4. The van der Waals surface area contributed by atoms with Crippen molar-refractivity contribution in [2.24, 2.45) is 0 Å². The molecule has 0 aliphatic carbocycles. The molecule has 3 nitrogen and oxygen atoms in total. The zero-order valence-electron chi connectivity index (χ0n) is 12.0. The Hall–Kier alpha value is -1.13. The summed E-state index contributed by atoms with van der Waals surface area (Å²) in [4.78, 5) is 0. The van der Waals surface area contributed by atoms with Gasteiger partial charge in [0.25, 0.3) is 0 Å². The van der Waals surface area contributed by atoms with Crippen LogP contribution in [0, 0.1) is 5.82 Å². The molecule has 0 saturated heterocycles. The molecule has 0 fully saturated rings. The molecule has 0 amide bonds. The van der Waals surface area contributed by atoms with Crippen LogP contribution in [0.5, 0.6) is 5.75 Å². The lowest BCUT2D eigenvalue weighted by Crippen LogP contribution is -2.26. The predicted molar refractivity (Wildman–Crippen MR) is 75.1 cm³/mol. The molecule has 0 heterocycles. The molecule has 19 heavy (non-hydrogen) atoms. The maximum Gasteiger partial charge on any atom is 0.165 e. The molecule has 0 spiro atoms. The molecule has 0 aliphatic heterocycles. The Morgan fingerprint density at radius 1 is 1.26 bits per heavy atom. The van der Waals surface area contributed by atoms with Crippen molar-refractivity contribution >= 4 is 0 Å².